The van der Waals surface area contributed by atoms with E-state index in [1.807, 2.05) is 19.2 Å². The molecule has 0 radical (unpaired) electrons. The predicted octanol–water partition coefficient (Wildman–Crippen LogP) is 2.93. The molecule has 1 saturated carbocycles. The number of pyridine rings is 1. The van der Waals surface area contributed by atoms with Crippen LogP contribution in [0.5, 0.6) is 5.88 Å². The molecule has 0 atom stereocenters. The van der Waals surface area contributed by atoms with Gasteiger partial charge < -0.3 is 19.7 Å². The maximum atomic E-state index is 5.75. The number of thioether (sulfide) groups is 1. The van der Waals surface area contributed by atoms with Gasteiger partial charge in [-0.25, -0.2) is 4.98 Å². The second-order valence-electron chi connectivity index (χ2n) is 7.22. The molecule has 0 aromatic carbocycles. The first-order valence-electron chi connectivity index (χ1n) is 9.91. The molecule has 2 aliphatic rings. The zero-order valence-electron chi connectivity index (χ0n) is 16.6. The summed E-state index contributed by atoms with van der Waals surface area (Å²) in [6.07, 6.45) is 8.56. The fourth-order valence-corrected chi connectivity index (χ4v) is 5.51. The van der Waals surface area contributed by atoms with E-state index in [4.69, 9.17) is 9.47 Å². The molecule has 2 heterocycles. The average molecular weight is 393 g/mol. The minimum absolute atomic E-state index is 0.427. The zero-order chi connectivity index (χ0) is 19.0. The highest BCUT2D eigenvalue weighted by atomic mass is 32.2. The maximum absolute atomic E-state index is 5.75. The van der Waals surface area contributed by atoms with Crippen molar-refractivity contribution in [2.75, 3.05) is 46.2 Å². The molecule has 7 heteroatoms. The van der Waals surface area contributed by atoms with Crippen molar-refractivity contribution in [1.29, 1.82) is 0 Å². The molecule has 0 bridgehead atoms. The van der Waals surface area contributed by atoms with Gasteiger partial charge >= 0.3 is 0 Å². The normalized spacial score (nSPS) is 19.9. The molecule has 27 heavy (non-hydrogen) atoms. The maximum Gasteiger partial charge on any atom is 0.218 e. The number of guanidine groups is 1. The monoisotopic (exact) mass is 392 g/mol. The Bertz CT molecular complexity index is 614. The lowest BCUT2D eigenvalue weighted by atomic mass is 9.87. The fraction of sp³-hybridized carbons (Fsp3) is 0.700. The molecule has 1 aliphatic carbocycles. The van der Waals surface area contributed by atoms with Crippen LogP contribution < -0.4 is 10.1 Å². The summed E-state index contributed by atoms with van der Waals surface area (Å²) >= 11 is 2.18. The lowest BCUT2D eigenvalue weighted by molar-refractivity contribution is 0.143. The highest BCUT2D eigenvalue weighted by molar-refractivity contribution is 8.00. The highest BCUT2D eigenvalue weighted by Gasteiger charge is 2.38. The smallest absolute Gasteiger partial charge is 0.218 e. The van der Waals surface area contributed by atoms with Crippen LogP contribution in [0.3, 0.4) is 0 Å². The van der Waals surface area contributed by atoms with Gasteiger partial charge in [-0.3, -0.25) is 4.99 Å². The second kappa shape index (κ2) is 10.2. The van der Waals surface area contributed by atoms with Crippen LogP contribution in [0.1, 0.15) is 37.7 Å². The summed E-state index contributed by atoms with van der Waals surface area (Å²) in [6.45, 7) is 3.86. The van der Waals surface area contributed by atoms with Gasteiger partial charge in [0.25, 0.3) is 0 Å². The number of methoxy groups -OCH3 is 1. The van der Waals surface area contributed by atoms with Crippen molar-refractivity contribution in [3.8, 4) is 5.88 Å². The molecule has 0 unspecified atom stereocenters. The van der Waals surface area contributed by atoms with Crippen molar-refractivity contribution in [2.24, 2.45) is 4.99 Å². The molecule has 1 saturated heterocycles. The van der Waals surface area contributed by atoms with E-state index in [2.05, 4.69) is 32.0 Å². The third kappa shape index (κ3) is 5.51. The fourth-order valence-electron chi connectivity index (χ4n) is 3.94. The van der Waals surface area contributed by atoms with Gasteiger partial charge in [-0.1, -0.05) is 25.3 Å². The first kappa shape index (κ1) is 20.3. The summed E-state index contributed by atoms with van der Waals surface area (Å²) in [7, 11) is 3.54. The Labute approximate surface area is 167 Å². The first-order chi connectivity index (χ1) is 13.3. The van der Waals surface area contributed by atoms with Crippen LogP contribution in [-0.4, -0.2) is 66.8 Å². The molecular weight excluding hydrogens is 360 g/mol. The van der Waals surface area contributed by atoms with Gasteiger partial charge in [-0.05, 0) is 18.9 Å². The van der Waals surface area contributed by atoms with Crippen LogP contribution in [0.15, 0.2) is 23.3 Å². The molecular formula is C20H32N4O2S. The number of ether oxygens (including phenoxy) is 2. The van der Waals surface area contributed by atoms with Crippen LogP contribution in [0.25, 0.3) is 0 Å². The number of hydrogen-bond donors (Lipinski definition) is 1. The van der Waals surface area contributed by atoms with Crippen molar-refractivity contribution < 1.29 is 9.47 Å². The second-order valence-corrected chi connectivity index (χ2v) is 8.79. The van der Waals surface area contributed by atoms with Crippen LogP contribution in [-0.2, 0) is 11.3 Å². The van der Waals surface area contributed by atoms with Crippen LogP contribution >= 0.6 is 11.8 Å². The molecule has 1 aromatic rings. The Morgan fingerprint density at radius 3 is 2.96 bits per heavy atom. The summed E-state index contributed by atoms with van der Waals surface area (Å²) in [4.78, 5) is 11.3. The number of aliphatic imine (C=N–C) groups is 1. The Hall–Kier alpha value is -1.47. The largest absolute Gasteiger partial charge is 0.475 e. The van der Waals surface area contributed by atoms with Crippen molar-refractivity contribution in [3.05, 3.63) is 23.9 Å². The summed E-state index contributed by atoms with van der Waals surface area (Å²) in [5, 5.41) is 3.52. The Balaban J connectivity index is 1.59. The molecule has 2 fully saturated rings. The minimum Gasteiger partial charge on any atom is -0.475 e. The van der Waals surface area contributed by atoms with Crippen LogP contribution in [0.2, 0.25) is 0 Å². The summed E-state index contributed by atoms with van der Waals surface area (Å²) < 4.78 is 11.2. The third-order valence-corrected chi connectivity index (χ3v) is 6.87. The van der Waals surface area contributed by atoms with E-state index in [0.29, 0.717) is 30.4 Å². The van der Waals surface area contributed by atoms with Gasteiger partial charge in [-0.15, -0.1) is 0 Å². The number of hydrogen-bond acceptors (Lipinski definition) is 5. The summed E-state index contributed by atoms with van der Waals surface area (Å²) in [5.74, 6) is 2.82. The Morgan fingerprint density at radius 2 is 2.19 bits per heavy atom. The number of rotatable bonds is 6. The van der Waals surface area contributed by atoms with Crippen molar-refractivity contribution >= 4 is 17.7 Å². The summed E-state index contributed by atoms with van der Waals surface area (Å²) in [6, 6.07) is 3.99. The SMILES string of the molecule is CN=C(NCc1cccnc1OCCOC)N1CCSC2(CCCCC2)C1. The van der Waals surface area contributed by atoms with Crippen molar-refractivity contribution in [3.63, 3.8) is 0 Å². The molecule has 1 aliphatic heterocycles. The number of aromatic nitrogens is 1. The standard InChI is InChI=1S/C20H32N4O2S/c1-21-19(24-11-14-27-20(16-24)8-4-3-5-9-20)23-15-17-7-6-10-22-18(17)26-13-12-25-2/h6-7,10H,3-5,8-9,11-16H2,1-2H3,(H,21,23). The van der Waals surface area contributed by atoms with Crippen molar-refractivity contribution in [1.82, 2.24) is 15.2 Å². The molecule has 0 amide bonds. The topological polar surface area (TPSA) is 59.0 Å². The van der Waals surface area contributed by atoms with Crippen molar-refractivity contribution in [2.45, 2.75) is 43.4 Å². The molecule has 150 valence electrons. The third-order valence-electron chi connectivity index (χ3n) is 5.34. The van der Waals surface area contributed by atoms with E-state index >= 15 is 0 Å². The van der Waals surface area contributed by atoms with Gasteiger partial charge in [0.1, 0.15) is 6.61 Å². The predicted molar refractivity (Wildman–Crippen MR) is 112 cm³/mol. The minimum atomic E-state index is 0.427. The van der Waals surface area contributed by atoms with Gasteiger partial charge in [0.2, 0.25) is 5.88 Å². The number of nitrogens with one attached hydrogen (secondary N) is 1. The Morgan fingerprint density at radius 1 is 1.33 bits per heavy atom. The Kier molecular flexibility index (Phi) is 7.64. The zero-order valence-corrected chi connectivity index (χ0v) is 17.4. The van der Waals surface area contributed by atoms with Crippen LogP contribution in [0, 0.1) is 0 Å². The lowest BCUT2D eigenvalue weighted by Gasteiger charge is -2.45. The molecule has 1 spiro atoms. The van der Waals surface area contributed by atoms with Gasteiger partial charge in [0, 0.05) is 56.1 Å². The summed E-state index contributed by atoms with van der Waals surface area (Å²) in [5.41, 5.74) is 1.04. The average Bonchev–Trinajstić information content (AvgIpc) is 2.70. The van der Waals surface area contributed by atoms with E-state index in [-0.39, 0.29) is 0 Å². The quantitative estimate of drug-likeness (QED) is 0.456. The number of nitrogens with zero attached hydrogens (tertiary/aromatic N) is 3. The highest BCUT2D eigenvalue weighted by Crippen LogP contribution is 2.42. The van der Waals surface area contributed by atoms with E-state index < -0.39 is 0 Å². The first-order valence-corrected chi connectivity index (χ1v) is 10.9. The van der Waals surface area contributed by atoms with E-state index in [9.17, 15) is 0 Å². The van der Waals surface area contributed by atoms with Gasteiger partial charge in [0.15, 0.2) is 5.96 Å². The van der Waals surface area contributed by atoms with E-state index in [1.165, 1.54) is 37.9 Å². The van der Waals surface area contributed by atoms with E-state index in [0.717, 1.165) is 24.6 Å². The van der Waals surface area contributed by atoms with Gasteiger partial charge in [-0.2, -0.15) is 11.8 Å². The van der Waals surface area contributed by atoms with Gasteiger partial charge in [0.05, 0.1) is 6.61 Å². The lowest BCUT2D eigenvalue weighted by Crippen LogP contribution is -2.53. The van der Waals surface area contributed by atoms with E-state index in [1.54, 1.807) is 13.3 Å². The van der Waals surface area contributed by atoms with Crippen LogP contribution in [0.4, 0.5) is 0 Å². The molecule has 1 N–H and O–H groups in total. The molecule has 1 aromatic heterocycles. The molecule has 3 rings (SSSR count). The molecule has 6 nitrogen and oxygen atoms in total.